The number of hydrogen-bond donors (Lipinski definition) is 0. The van der Waals surface area contributed by atoms with Crippen LogP contribution in [-0.4, -0.2) is 11.6 Å². The van der Waals surface area contributed by atoms with Gasteiger partial charge < -0.3 is 9.47 Å². The van der Waals surface area contributed by atoms with Gasteiger partial charge in [-0.2, -0.15) is 9.78 Å². The van der Waals surface area contributed by atoms with Crippen LogP contribution in [0.15, 0.2) is 24.3 Å². The van der Waals surface area contributed by atoms with Crippen molar-refractivity contribution in [3.63, 3.8) is 0 Å². The highest BCUT2D eigenvalue weighted by Gasteiger charge is 2.72. The Morgan fingerprint density at radius 1 is 1.05 bits per heavy atom. The van der Waals surface area contributed by atoms with Gasteiger partial charge in [0.1, 0.15) is 0 Å². The molecule has 2 unspecified atom stereocenters. The Morgan fingerprint density at radius 2 is 1.79 bits per heavy atom. The molecule has 0 aromatic heterocycles. The zero-order valence-electron chi connectivity index (χ0n) is 11.4. The third-order valence-corrected chi connectivity index (χ3v) is 4.55. The smallest absolute Gasteiger partial charge is 0.238 e. The molecule has 4 heterocycles. The molecule has 0 spiro atoms. The van der Waals surface area contributed by atoms with E-state index in [2.05, 4.69) is 31.2 Å². The minimum Gasteiger partial charge on any atom is -0.315 e. The van der Waals surface area contributed by atoms with Gasteiger partial charge in [-0.15, -0.1) is 0 Å². The Balaban J connectivity index is 1.84. The highest BCUT2D eigenvalue weighted by molar-refractivity contribution is 5.28. The number of hydrogen-bond acceptors (Lipinski definition) is 4. The minimum absolute atomic E-state index is 0.0598. The summed E-state index contributed by atoms with van der Waals surface area (Å²) in [6.45, 7) is 5.96. The molecule has 0 amide bonds. The molecule has 4 bridgehead atoms. The largest absolute Gasteiger partial charge is 0.315 e. The fourth-order valence-electron chi connectivity index (χ4n) is 3.61. The summed E-state index contributed by atoms with van der Waals surface area (Å²) >= 11 is 0. The van der Waals surface area contributed by atoms with E-state index in [9.17, 15) is 0 Å². The first-order valence-electron chi connectivity index (χ1n) is 6.80. The monoisotopic (exact) mass is 262 g/mol. The van der Waals surface area contributed by atoms with Crippen molar-refractivity contribution in [3.05, 3.63) is 35.4 Å². The van der Waals surface area contributed by atoms with Crippen LogP contribution in [0.1, 0.15) is 37.8 Å². The molecular formula is C15H18O4. The number of fused-ring (bicyclic) bond motifs is 1. The van der Waals surface area contributed by atoms with Crippen LogP contribution >= 0.6 is 0 Å². The number of ether oxygens (including phenoxy) is 2. The Hall–Kier alpha value is -0.940. The summed E-state index contributed by atoms with van der Waals surface area (Å²) in [7, 11) is 0. The molecule has 4 nitrogen and oxygen atoms in total. The second-order valence-corrected chi connectivity index (χ2v) is 6.15. The Morgan fingerprint density at radius 3 is 2.47 bits per heavy atom. The van der Waals surface area contributed by atoms with Crippen LogP contribution in [0.3, 0.4) is 0 Å². The van der Waals surface area contributed by atoms with Gasteiger partial charge >= 0.3 is 0 Å². The van der Waals surface area contributed by atoms with Crippen molar-refractivity contribution >= 4 is 0 Å². The highest BCUT2D eigenvalue weighted by Crippen LogP contribution is 2.62. The second kappa shape index (κ2) is 3.38. The summed E-state index contributed by atoms with van der Waals surface area (Å²) in [5.74, 6) is -2.11. The van der Waals surface area contributed by atoms with Crippen molar-refractivity contribution in [3.8, 4) is 0 Å². The zero-order chi connectivity index (χ0) is 13.3. The van der Waals surface area contributed by atoms with Crippen LogP contribution in [0.5, 0.6) is 0 Å². The first-order chi connectivity index (χ1) is 8.96. The van der Waals surface area contributed by atoms with Gasteiger partial charge in [-0.1, -0.05) is 29.8 Å². The van der Waals surface area contributed by atoms with Crippen LogP contribution in [0, 0.1) is 12.8 Å². The molecule has 4 saturated heterocycles. The molecule has 0 radical (unpaired) electrons. The van der Waals surface area contributed by atoms with Crippen molar-refractivity contribution in [2.24, 2.45) is 5.92 Å². The molecule has 19 heavy (non-hydrogen) atoms. The molecule has 4 atom stereocenters. The summed E-state index contributed by atoms with van der Waals surface area (Å²) in [6, 6.07) is 8.23. The van der Waals surface area contributed by atoms with Gasteiger partial charge in [0.05, 0.1) is 5.92 Å². The van der Waals surface area contributed by atoms with Gasteiger partial charge in [0.2, 0.25) is 11.6 Å². The van der Waals surface area contributed by atoms with Crippen molar-refractivity contribution < 1.29 is 19.2 Å². The van der Waals surface area contributed by atoms with E-state index in [1.807, 2.05) is 13.8 Å². The predicted molar refractivity (Wildman–Crippen MR) is 66.7 cm³/mol. The maximum atomic E-state index is 6.17. The van der Waals surface area contributed by atoms with E-state index < -0.39 is 17.4 Å². The molecular weight excluding hydrogens is 244 g/mol. The van der Waals surface area contributed by atoms with Crippen molar-refractivity contribution in [1.29, 1.82) is 0 Å². The van der Waals surface area contributed by atoms with Crippen molar-refractivity contribution in [1.82, 2.24) is 0 Å². The number of rotatable bonds is 1. The van der Waals surface area contributed by atoms with E-state index in [1.54, 1.807) is 0 Å². The topological polar surface area (TPSA) is 36.9 Å². The first kappa shape index (κ1) is 11.9. The predicted octanol–water partition coefficient (Wildman–Crippen LogP) is 3.00. The zero-order valence-corrected chi connectivity index (χ0v) is 11.4. The molecule has 0 saturated carbocycles. The number of aryl methyl sites for hydroxylation is 1. The number of benzene rings is 1. The third-order valence-electron chi connectivity index (χ3n) is 4.55. The third kappa shape index (κ3) is 1.43. The molecule has 102 valence electrons. The SMILES string of the molecule is Cc1ccc([C@@]23OO[C@]4(C)OC(C)(CCC42)O3)cc1. The van der Waals surface area contributed by atoms with Crippen LogP contribution in [-0.2, 0) is 25.0 Å². The average molecular weight is 262 g/mol. The maximum absolute atomic E-state index is 6.17. The van der Waals surface area contributed by atoms with Gasteiger partial charge in [-0.25, -0.2) is 0 Å². The molecule has 4 fully saturated rings. The maximum Gasteiger partial charge on any atom is 0.238 e. The molecule has 4 aliphatic rings. The quantitative estimate of drug-likeness (QED) is 0.729. The van der Waals surface area contributed by atoms with Gasteiger partial charge in [0.25, 0.3) is 0 Å². The van der Waals surface area contributed by atoms with E-state index in [1.165, 1.54) is 5.56 Å². The fraction of sp³-hybridized carbons (Fsp3) is 0.600. The molecule has 1 aromatic carbocycles. The molecule has 0 N–H and O–H groups in total. The van der Waals surface area contributed by atoms with Crippen LogP contribution in [0.2, 0.25) is 0 Å². The standard InChI is InChI=1S/C15H18O4/c1-10-4-6-11(7-5-10)15-12-8-9-13(2,17-15)16-14(12,3)18-19-15/h4-7,12H,8-9H2,1-3H3/t12?,13?,14-,15+/m0/s1. The van der Waals surface area contributed by atoms with E-state index in [4.69, 9.17) is 19.2 Å². The highest BCUT2D eigenvalue weighted by atomic mass is 17.3. The summed E-state index contributed by atoms with van der Waals surface area (Å²) in [5, 5.41) is 0. The van der Waals surface area contributed by atoms with Crippen LogP contribution < -0.4 is 0 Å². The summed E-state index contributed by atoms with van der Waals surface area (Å²) < 4.78 is 12.1. The molecule has 4 heteroatoms. The normalized spacial score (nSPS) is 47.6. The average Bonchev–Trinajstić information content (AvgIpc) is 2.58. The molecule has 4 aliphatic heterocycles. The lowest BCUT2D eigenvalue weighted by Gasteiger charge is -2.54. The lowest BCUT2D eigenvalue weighted by Crippen LogP contribution is -2.62. The van der Waals surface area contributed by atoms with E-state index >= 15 is 0 Å². The van der Waals surface area contributed by atoms with Crippen LogP contribution in [0.4, 0.5) is 0 Å². The Kier molecular flexibility index (Phi) is 2.11. The first-order valence-corrected chi connectivity index (χ1v) is 6.80. The molecule has 0 aliphatic carbocycles. The van der Waals surface area contributed by atoms with E-state index in [0.29, 0.717) is 0 Å². The lowest BCUT2D eigenvalue weighted by atomic mass is 9.76. The summed E-state index contributed by atoms with van der Waals surface area (Å²) in [4.78, 5) is 11.1. The van der Waals surface area contributed by atoms with Gasteiger partial charge in [0, 0.05) is 12.0 Å². The summed E-state index contributed by atoms with van der Waals surface area (Å²) in [5.41, 5.74) is 2.21. The Labute approximate surface area is 112 Å². The lowest BCUT2D eigenvalue weighted by molar-refractivity contribution is -0.433. The summed E-state index contributed by atoms with van der Waals surface area (Å²) in [6.07, 6.45) is 1.84. The van der Waals surface area contributed by atoms with Gasteiger partial charge in [0.15, 0.2) is 5.79 Å². The van der Waals surface area contributed by atoms with Crippen LogP contribution in [0.25, 0.3) is 0 Å². The Bertz CT molecular complexity index is 527. The molecule has 5 rings (SSSR count). The van der Waals surface area contributed by atoms with Gasteiger partial charge in [-0.3, -0.25) is 0 Å². The molecule has 1 aromatic rings. The van der Waals surface area contributed by atoms with Crippen molar-refractivity contribution in [2.45, 2.75) is 51.0 Å². The van der Waals surface area contributed by atoms with Gasteiger partial charge in [-0.05, 0) is 27.2 Å². The minimum atomic E-state index is -0.826. The van der Waals surface area contributed by atoms with Crippen molar-refractivity contribution in [2.75, 3.05) is 0 Å². The van der Waals surface area contributed by atoms with E-state index in [0.717, 1.165) is 18.4 Å². The second-order valence-electron chi connectivity index (χ2n) is 6.15. The fourth-order valence-corrected chi connectivity index (χ4v) is 3.61. The van der Waals surface area contributed by atoms with E-state index in [-0.39, 0.29) is 5.92 Å².